The molecule has 0 unspecified atom stereocenters. The Morgan fingerprint density at radius 3 is 2.88 bits per heavy atom. The molecule has 0 fully saturated rings. The Bertz CT molecular complexity index is 394. The maximum atomic E-state index is 11.5. The van der Waals surface area contributed by atoms with E-state index in [9.17, 15) is 4.79 Å². The first-order chi connectivity index (χ1) is 7.57. The summed E-state index contributed by atoms with van der Waals surface area (Å²) in [5, 5.41) is 0. The summed E-state index contributed by atoms with van der Waals surface area (Å²) in [5.74, 6) is 1.35. The van der Waals surface area contributed by atoms with Crippen molar-refractivity contribution in [2.75, 3.05) is 17.3 Å². The zero-order valence-corrected chi connectivity index (χ0v) is 12.2. The summed E-state index contributed by atoms with van der Waals surface area (Å²) in [6.07, 6.45) is 2.32. The van der Waals surface area contributed by atoms with Gasteiger partial charge in [0.05, 0.1) is 6.33 Å². The summed E-state index contributed by atoms with van der Waals surface area (Å²) >= 11 is 7.72. The first-order valence-corrected chi connectivity index (χ1v) is 6.75. The van der Waals surface area contributed by atoms with E-state index in [1.54, 1.807) is 0 Å². The van der Waals surface area contributed by atoms with Crippen molar-refractivity contribution in [1.29, 1.82) is 0 Å². The summed E-state index contributed by atoms with van der Waals surface area (Å²) in [4.78, 5) is 20.4. The maximum Gasteiger partial charge on any atom is 0.266 e. The van der Waals surface area contributed by atoms with Gasteiger partial charge in [-0.05, 0) is 42.9 Å². The molecule has 0 amide bonds. The average molecular weight is 356 g/mol. The van der Waals surface area contributed by atoms with Crippen LogP contribution < -0.4 is 10.5 Å². The van der Waals surface area contributed by atoms with E-state index in [1.807, 2.05) is 22.6 Å². The molecule has 1 heterocycles. The highest BCUT2D eigenvalue weighted by atomic mass is 127. The number of hydrogen-bond donors (Lipinski definition) is 1. The molecule has 0 saturated carbocycles. The van der Waals surface area contributed by atoms with Crippen LogP contribution in [0.2, 0.25) is 0 Å². The number of aromatic nitrogens is 2. The van der Waals surface area contributed by atoms with Crippen LogP contribution >= 0.6 is 34.2 Å². The van der Waals surface area contributed by atoms with Crippen molar-refractivity contribution in [1.82, 2.24) is 9.97 Å². The van der Waals surface area contributed by atoms with Gasteiger partial charge in [-0.3, -0.25) is 4.79 Å². The number of aromatic amines is 1. The van der Waals surface area contributed by atoms with Crippen molar-refractivity contribution in [2.24, 2.45) is 0 Å². The van der Waals surface area contributed by atoms with Gasteiger partial charge in [-0.15, -0.1) is 11.6 Å². The summed E-state index contributed by atoms with van der Waals surface area (Å²) < 4.78 is 0.628. The Balaban J connectivity index is 3.01. The third-order valence-electron chi connectivity index (χ3n) is 2.21. The fraction of sp³-hybridized carbons (Fsp3) is 0.600. The van der Waals surface area contributed by atoms with Gasteiger partial charge >= 0.3 is 0 Å². The lowest BCUT2D eigenvalue weighted by atomic mass is 10.3. The molecule has 0 aliphatic rings. The van der Waals surface area contributed by atoms with Crippen molar-refractivity contribution < 1.29 is 0 Å². The number of anilines is 1. The second-order valence-electron chi connectivity index (χ2n) is 3.70. The fourth-order valence-electron chi connectivity index (χ4n) is 1.41. The molecule has 1 aromatic rings. The third kappa shape index (κ3) is 3.35. The zero-order chi connectivity index (χ0) is 12.1. The second-order valence-corrected chi connectivity index (χ2v) is 5.16. The van der Waals surface area contributed by atoms with Crippen molar-refractivity contribution >= 4 is 40.0 Å². The van der Waals surface area contributed by atoms with Crippen LogP contribution in [0.3, 0.4) is 0 Å². The molecule has 90 valence electrons. The minimum atomic E-state index is -0.0953. The first-order valence-electron chi connectivity index (χ1n) is 5.13. The van der Waals surface area contributed by atoms with Gasteiger partial charge in [-0.1, -0.05) is 0 Å². The average Bonchev–Trinajstić information content (AvgIpc) is 2.24. The Morgan fingerprint density at radius 2 is 2.31 bits per heavy atom. The number of hydrogen-bond acceptors (Lipinski definition) is 3. The smallest absolute Gasteiger partial charge is 0.266 e. The summed E-state index contributed by atoms with van der Waals surface area (Å²) in [7, 11) is 0. The van der Waals surface area contributed by atoms with Crippen LogP contribution in [0, 0.1) is 3.57 Å². The number of alkyl halides is 1. The number of rotatable bonds is 5. The number of H-pyrrole nitrogens is 1. The van der Waals surface area contributed by atoms with Crippen molar-refractivity contribution in [2.45, 2.75) is 26.3 Å². The Labute approximate surface area is 114 Å². The fourth-order valence-corrected chi connectivity index (χ4v) is 2.14. The molecular formula is C10H15ClIN3O. The van der Waals surface area contributed by atoms with Gasteiger partial charge < -0.3 is 9.88 Å². The predicted octanol–water partition coefficient (Wildman–Crippen LogP) is 2.22. The van der Waals surface area contributed by atoms with Crippen LogP contribution in [0.25, 0.3) is 0 Å². The summed E-state index contributed by atoms with van der Waals surface area (Å²) in [6, 6.07) is 0.297. The SMILES string of the molecule is CC(C)N(CCCCl)c1nc[nH]c(=O)c1I. The van der Waals surface area contributed by atoms with Crippen molar-refractivity contribution in [3.63, 3.8) is 0 Å². The highest BCUT2D eigenvalue weighted by Gasteiger charge is 2.16. The minimum Gasteiger partial charge on any atom is -0.353 e. The molecule has 0 atom stereocenters. The minimum absolute atomic E-state index is 0.0953. The van der Waals surface area contributed by atoms with Crippen LogP contribution in [-0.2, 0) is 0 Å². The predicted molar refractivity (Wildman–Crippen MR) is 75.4 cm³/mol. The molecule has 0 aliphatic heterocycles. The van der Waals surface area contributed by atoms with E-state index in [4.69, 9.17) is 11.6 Å². The van der Waals surface area contributed by atoms with Crippen LogP contribution in [0.4, 0.5) is 5.82 Å². The second kappa shape index (κ2) is 6.44. The molecule has 4 nitrogen and oxygen atoms in total. The molecule has 1 N–H and O–H groups in total. The van der Waals surface area contributed by atoms with Gasteiger partial charge in [0.1, 0.15) is 9.39 Å². The molecular weight excluding hydrogens is 340 g/mol. The molecule has 0 bridgehead atoms. The van der Waals surface area contributed by atoms with Gasteiger partial charge in [0, 0.05) is 18.5 Å². The topological polar surface area (TPSA) is 49.0 Å². The number of nitrogens with zero attached hydrogens (tertiary/aromatic N) is 2. The number of halogens is 2. The van der Waals surface area contributed by atoms with E-state index in [1.165, 1.54) is 6.33 Å². The summed E-state index contributed by atoms with van der Waals surface area (Å²) in [6.45, 7) is 4.97. The lowest BCUT2D eigenvalue weighted by Crippen LogP contribution is -2.35. The molecule has 16 heavy (non-hydrogen) atoms. The highest BCUT2D eigenvalue weighted by molar-refractivity contribution is 14.1. The standard InChI is InChI=1S/C10H15ClIN3O/c1-7(2)15(5-3-4-11)9-8(12)10(16)14-6-13-9/h6-7H,3-5H2,1-2H3,(H,13,14,16). The van der Waals surface area contributed by atoms with Gasteiger partial charge in [0.2, 0.25) is 0 Å². The first kappa shape index (κ1) is 13.8. The van der Waals surface area contributed by atoms with Crippen molar-refractivity contribution in [3.05, 3.63) is 20.3 Å². The third-order valence-corrected chi connectivity index (χ3v) is 3.45. The molecule has 0 aliphatic carbocycles. The van der Waals surface area contributed by atoms with Gasteiger partial charge in [-0.2, -0.15) is 0 Å². The maximum absolute atomic E-state index is 11.5. The van der Waals surface area contributed by atoms with Crippen LogP contribution in [0.1, 0.15) is 20.3 Å². The Morgan fingerprint density at radius 1 is 1.62 bits per heavy atom. The van der Waals surface area contributed by atoms with Crippen molar-refractivity contribution in [3.8, 4) is 0 Å². The molecule has 1 rings (SSSR count). The molecule has 0 aromatic carbocycles. The molecule has 0 spiro atoms. The van der Waals surface area contributed by atoms with E-state index < -0.39 is 0 Å². The van der Waals surface area contributed by atoms with Crippen LogP contribution in [0.5, 0.6) is 0 Å². The number of nitrogens with one attached hydrogen (secondary N) is 1. The van der Waals surface area contributed by atoms with Crippen LogP contribution in [-0.4, -0.2) is 28.4 Å². The van der Waals surface area contributed by atoms with Crippen LogP contribution in [0.15, 0.2) is 11.1 Å². The quantitative estimate of drug-likeness (QED) is 0.651. The van der Waals surface area contributed by atoms with Gasteiger partial charge in [0.25, 0.3) is 5.56 Å². The monoisotopic (exact) mass is 355 g/mol. The molecule has 0 radical (unpaired) electrons. The summed E-state index contributed by atoms with van der Waals surface area (Å²) in [5.41, 5.74) is -0.0953. The van der Waals surface area contributed by atoms with E-state index >= 15 is 0 Å². The highest BCUT2D eigenvalue weighted by Crippen LogP contribution is 2.18. The lowest BCUT2D eigenvalue weighted by Gasteiger charge is -2.28. The Hall–Kier alpha value is -0.300. The lowest BCUT2D eigenvalue weighted by molar-refractivity contribution is 0.659. The molecule has 1 aromatic heterocycles. The zero-order valence-electron chi connectivity index (χ0n) is 9.33. The Kier molecular flexibility index (Phi) is 5.54. The molecule has 0 saturated heterocycles. The normalized spacial score (nSPS) is 10.8. The van der Waals surface area contributed by atoms with E-state index in [-0.39, 0.29) is 5.56 Å². The van der Waals surface area contributed by atoms with Gasteiger partial charge in [-0.25, -0.2) is 4.98 Å². The van der Waals surface area contributed by atoms with E-state index in [0.717, 1.165) is 18.8 Å². The van der Waals surface area contributed by atoms with E-state index in [0.29, 0.717) is 15.5 Å². The largest absolute Gasteiger partial charge is 0.353 e. The van der Waals surface area contributed by atoms with E-state index in [2.05, 4.69) is 28.7 Å². The molecule has 6 heteroatoms. The van der Waals surface area contributed by atoms with Gasteiger partial charge in [0.15, 0.2) is 0 Å².